The highest BCUT2D eigenvalue weighted by molar-refractivity contribution is 6.31. The summed E-state index contributed by atoms with van der Waals surface area (Å²) in [4.78, 5) is 29.0. The fourth-order valence-electron chi connectivity index (χ4n) is 2.59. The molecule has 0 saturated heterocycles. The summed E-state index contributed by atoms with van der Waals surface area (Å²) in [5.74, 6) is -0.308. The summed E-state index contributed by atoms with van der Waals surface area (Å²) in [6.45, 7) is 1.70. The zero-order valence-electron chi connectivity index (χ0n) is 13.4. The molecule has 1 aromatic heterocycles. The van der Waals surface area contributed by atoms with Gasteiger partial charge >= 0.3 is 0 Å². The average Bonchev–Trinajstić information content (AvgIpc) is 2.58. The van der Waals surface area contributed by atoms with E-state index in [9.17, 15) is 9.59 Å². The quantitative estimate of drug-likeness (QED) is 0.757. The van der Waals surface area contributed by atoms with E-state index in [1.807, 2.05) is 25.1 Å². The Morgan fingerprint density at radius 1 is 1.24 bits per heavy atom. The number of rotatable bonds is 4. The highest BCUT2D eigenvalue weighted by Gasteiger charge is 2.14. The maximum Gasteiger partial charge on any atom is 0.261 e. The summed E-state index contributed by atoms with van der Waals surface area (Å²) < 4.78 is 1.26. The number of benzene rings is 2. The van der Waals surface area contributed by atoms with E-state index in [2.05, 4.69) is 10.3 Å². The molecule has 0 radical (unpaired) electrons. The zero-order valence-corrected chi connectivity index (χ0v) is 14.9. The average molecular weight is 376 g/mol. The molecule has 3 rings (SSSR count). The minimum absolute atomic E-state index is 0.136. The molecule has 1 atom stereocenters. The van der Waals surface area contributed by atoms with Gasteiger partial charge in [0.25, 0.3) is 5.56 Å². The number of nitrogens with one attached hydrogen (secondary N) is 1. The number of aromatic nitrogens is 2. The van der Waals surface area contributed by atoms with Crippen molar-refractivity contribution in [2.75, 3.05) is 0 Å². The van der Waals surface area contributed by atoms with Crippen LogP contribution in [-0.2, 0) is 11.3 Å². The van der Waals surface area contributed by atoms with Gasteiger partial charge in [-0.3, -0.25) is 14.2 Å². The van der Waals surface area contributed by atoms with Gasteiger partial charge in [-0.1, -0.05) is 41.4 Å². The Morgan fingerprint density at radius 3 is 2.76 bits per heavy atom. The van der Waals surface area contributed by atoms with Crippen LogP contribution in [0.5, 0.6) is 0 Å². The summed E-state index contributed by atoms with van der Waals surface area (Å²) >= 11 is 12.1. The standard InChI is InChI=1S/C18H15Cl2N3O2/c1-11(13-4-2-3-5-15(13)20)22-17(24)9-23-10-21-16-7-6-12(19)8-14(16)18(23)25/h2-8,10-11H,9H2,1H3,(H,22,24)/t11-/m0/s1. The number of nitrogens with zero attached hydrogens (tertiary/aromatic N) is 2. The summed E-state index contributed by atoms with van der Waals surface area (Å²) in [6.07, 6.45) is 1.36. The van der Waals surface area contributed by atoms with Crippen LogP contribution >= 0.6 is 23.2 Å². The van der Waals surface area contributed by atoms with E-state index in [0.717, 1.165) is 5.56 Å². The predicted molar refractivity (Wildman–Crippen MR) is 99.0 cm³/mol. The number of carbonyl (C=O) groups excluding carboxylic acids is 1. The first-order valence-electron chi connectivity index (χ1n) is 7.64. The maximum absolute atomic E-state index is 12.5. The maximum atomic E-state index is 12.5. The van der Waals surface area contributed by atoms with Gasteiger partial charge in [0.05, 0.1) is 23.3 Å². The first-order valence-corrected chi connectivity index (χ1v) is 8.40. The monoisotopic (exact) mass is 375 g/mol. The van der Waals surface area contributed by atoms with Crippen molar-refractivity contribution in [3.05, 3.63) is 74.8 Å². The lowest BCUT2D eigenvalue weighted by Gasteiger charge is -2.16. The SMILES string of the molecule is C[C@H](NC(=O)Cn1cnc2ccc(Cl)cc2c1=O)c1ccccc1Cl. The predicted octanol–water partition coefficient (Wildman–Crippen LogP) is 3.58. The Bertz CT molecular complexity index is 1000. The van der Waals surface area contributed by atoms with Crippen LogP contribution in [0, 0.1) is 0 Å². The van der Waals surface area contributed by atoms with Gasteiger partial charge in [0.1, 0.15) is 6.54 Å². The van der Waals surface area contributed by atoms with E-state index in [1.165, 1.54) is 10.9 Å². The van der Waals surface area contributed by atoms with Crippen LogP contribution in [-0.4, -0.2) is 15.5 Å². The molecule has 0 aliphatic carbocycles. The first-order chi connectivity index (χ1) is 12.0. The van der Waals surface area contributed by atoms with Crippen molar-refractivity contribution in [2.45, 2.75) is 19.5 Å². The Labute approximate surface area is 154 Å². The van der Waals surface area contributed by atoms with Crippen molar-refractivity contribution in [3.63, 3.8) is 0 Å². The lowest BCUT2D eigenvalue weighted by atomic mass is 10.1. The first kappa shape index (κ1) is 17.5. The summed E-state index contributed by atoms with van der Waals surface area (Å²) in [5.41, 5.74) is 1.04. The van der Waals surface area contributed by atoms with Crippen LogP contribution in [0.25, 0.3) is 10.9 Å². The van der Waals surface area contributed by atoms with Gasteiger partial charge in [-0.05, 0) is 36.8 Å². The second-order valence-corrected chi connectivity index (χ2v) is 6.49. The van der Waals surface area contributed by atoms with E-state index in [0.29, 0.717) is 20.9 Å². The number of fused-ring (bicyclic) bond motifs is 1. The zero-order chi connectivity index (χ0) is 18.0. The minimum atomic E-state index is -0.312. The molecule has 7 heteroatoms. The number of hydrogen-bond acceptors (Lipinski definition) is 3. The van der Waals surface area contributed by atoms with E-state index in [4.69, 9.17) is 23.2 Å². The van der Waals surface area contributed by atoms with Crippen LogP contribution in [0.15, 0.2) is 53.6 Å². The molecule has 128 valence electrons. The second kappa shape index (κ2) is 7.25. The van der Waals surface area contributed by atoms with E-state index in [1.54, 1.807) is 24.3 Å². The number of halogens is 2. The van der Waals surface area contributed by atoms with Crippen molar-refractivity contribution in [1.82, 2.24) is 14.9 Å². The van der Waals surface area contributed by atoms with Crippen LogP contribution in [0.4, 0.5) is 0 Å². The minimum Gasteiger partial charge on any atom is -0.348 e. The van der Waals surface area contributed by atoms with Crippen LogP contribution in [0.3, 0.4) is 0 Å². The number of carbonyl (C=O) groups is 1. The summed E-state index contributed by atoms with van der Waals surface area (Å²) in [6, 6.07) is 11.9. The largest absolute Gasteiger partial charge is 0.348 e. The molecule has 0 spiro atoms. The van der Waals surface area contributed by atoms with Crippen molar-refractivity contribution < 1.29 is 4.79 Å². The van der Waals surface area contributed by atoms with Gasteiger partial charge in [-0.2, -0.15) is 0 Å². The lowest BCUT2D eigenvalue weighted by molar-refractivity contribution is -0.122. The van der Waals surface area contributed by atoms with Gasteiger partial charge in [0.2, 0.25) is 5.91 Å². The summed E-state index contributed by atoms with van der Waals surface area (Å²) in [7, 11) is 0. The van der Waals surface area contributed by atoms with E-state index >= 15 is 0 Å². The highest BCUT2D eigenvalue weighted by atomic mass is 35.5. The molecule has 0 unspecified atom stereocenters. The molecule has 0 aliphatic rings. The van der Waals surface area contributed by atoms with Crippen LogP contribution in [0.1, 0.15) is 18.5 Å². The van der Waals surface area contributed by atoms with Crippen LogP contribution in [0.2, 0.25) is 10.0 Å². The third kappa shape index (κ3) is 3.83. The number of hydrogen-bond donors (Lipinski definition) is 1. The molecule has 5 nitrogen and oxygen atoms in total. The molecule has 0 saturated carbocycles. The van der Waals surface area contributed by atoms with Crippen LogP contribution < -0.4 is 10.9 Å². The molecule has 1 heterocycles. The fourth-order valence-corrected chi connectivity index (χ4v) is 3.06. The fraction of sp³-hybridized carbons (Fsp3) is 0.167. The third-order valence-electron chi connectivity index (χ3n) is 3.85. The molecule has 0 aliphatic heterocycles. The lowest BCUT2D eigenvalue weighted by Crippen LogP contribution is -2.34. The van der Waals surface area contributed by atoms with Gasteiger partial charge < -0.3 is 5.32 Å². The second-order valence-electron chi connectivity index (χ2n) is 5.65. The number of amides is 1. The molecule has 2 aromatic carbocycles. The van der Waals surface area contributed by atoms with E-state index < -0.39 is 0 Å². The van der Waals surface area contributed by atoms with Gasteiger partial charge in [0.15, 0.2) is 0 Å². The molecular formula is C18H15Cl2N3O2. The molecular weight excluding hydrogens is 361 g/mol. The molecule has 1 amide bonds. The Kier molecular flexibility index (Phi) is 5.06. The molecule has 25 heavy (non-hydrogen) atoms. The van der Waals surface area contributed by atoms with E-state index in [-0.39, 0.29) is 24.1 Å². The summed E-state index contributed by atoms with van der Waals surface area (Å²) in [5, 5.41) is 4.24. The normalized spacial score (nSPS) is 12.1. The Morgan fingerprint density at radius 2 is 2.00 bits per heavy atom. The molecule has 0 bridgehead atoms. The highest BCUT2D eigenvalue weighted by Crippen LogP contribution is 2.22. The van der Waals surface area contributed by atoms with Gasteiger partial charge in [0, 0.05) is 10.0 Å². The van der Waals surface area contributed by atoms with Gasteiger partial charge in [-0.25, -0.2) is 4.98 Å². The molecule has 3 aromatic rings. The Hall–Kier alpha value is -2.37. The van der Waals surface area contributed by atoms with Crippen molar-refractivity contribution in [3.8, 4) is 0 Å². The molecule has 0 fully saturated rings. The third-order valence-corrected chi connectivity index (χ3v) is 4.43. The van der Waals surface area contributed by atoms with Crippen molar-refractivity contribution >= 4 is 40.0 Å². The smallest absolute Gasteiger partial charge is 0.261 e. The Balaban J connectivity index is 1.79. The van der Waals surface area contributed by atoms with Crippen molar-refractivity contribution in [1.29, 1.82) is 0 Å². The topological polar surface area (TPSA) is 64.0 Å². The molecule has 1 N–H and O–H groups in total. The van der Waals surface area contributed by atoms with Crippen molar-refractivity contribution in [2.24, 2.45) is 0 Å². The van der Waals surface area contributed by atoms with Gasteiger partial charge in [-0.15, -0.1) is 0 Å².